The Kier molecular flexibility index (Phi) is 6.03. The van der Waals surface area contributed by atoms with Crippen LogP contribution in [0.5, 0.6) is 0 Å². The van der Waals surface area contributed by atoms with E-state index < -0.39 is 11.3 Å². The number of carbonyl (C=O) groups is 2. The molecule has 4 heteroatoms. The zero-order valence-corrected chi connectivity index (χ0v) is 13.6. The molecule has 0 aromatic heterocycles. The summed E-state index contributed by atoms with van der Waals surface area (Å²) < 4.78 is 5.11. The summed E-state index contributed by atoms with van der Waals surface area (Å²) in [6.45, 7) is 11.6. The molecule has 1 saturated heterocycles. The Morgan fingerprint density at radius 3 is 2.45 bits per heavy atom. The molecule has 1 aliphatic rings. The van der Waals surface area contributed by atoms with Crippen molar-refractivity contribution in [1.82, 2.24) is 4.90 Å². The zero-order valence-electron chi connectivity index (χ0n) is 13.6. The molecule has 2 unspecified atom stereocenters. The first-order valence-electron chi connectivity index (χ1n) is 7.72. The highest BCUT2D eigenvalue weighted by molar-refractivity contribution is 5.98. The fourth-order valence-electron chi connectivity index (χ4n) is 2.72. The van der Waals surface area contributed by atoms with Crippen LogP contribution in [0, 0.1) is 17.3 Å². The summed E-state index contributed by atoms with van der Waals surface area (Å²) in [7, 11) is 0. The van der Waals surface area contributed by atoms with Gasteiger partial charge in [0.15, 0.2) is 0 Å². The van der Waals surface area contributed by atoms with Crippen molar-refractivity contribution in [3.8, 4) is 0 Å². The second-order valence-corrected chi connectivity index (χ2v) is 6.91. The summed E-state index contributed by atoms with van der Waals surface area (Å²) in [6, 6.07) is 0. The van der Waals surface area contributed by atoms with Gasteiger partial charge >= 0.3 is 5.97 Å². The fraction of sp³-hybridized carbons (Fsp3) is 0.875. The monoisotopic (exact) mass is 283 g/mol. The van der Waals surface area contributed by atoms with Gasteiger partial charge in [0.05, 0.1) is 6.61 Å². The van der Waals surface area contributed by atoms with Gasteiger partial charge in [0, 0.05) is 13.1 Å². The van der Waals surface area contributed by atoms with Gasteiger partial charge in [0.1, 0.15) is 5.92 Å². The predicted molar refractivity (Wildman–Crippen MR) is 79.2 cm³/mol. The minimum Gasteiger partial charge on any atom is -0.465 e. The van der Waals surface area contributed by atoms with Crippen LogP contribution in [0.15, 0.2) is 0 Å². The normalized spacial score (nSPS) is 22.1. The van der Waals surface area contributed by atoms with Gasteiger partial charge in [-0.15, -0.1) is 0 Å². The van der Waals surface area contributed by atoms with Crippen LogP contribution in [0.25, 0.3) is 0 Å². The van der Waals surface area contributed by atoms with Crippen molar-refractivity contribution in [3.63, 3.8) is 0 Å². The van der Waals surface area contributed by atoms with Gasteiger partial charge < -0.3 is 9.64 Å². The molecule has 1 amide bonds. The number of hydrogen-bond acceptors (Lipinski definition) is 3. The maximum Gasteiger partial charge on any atom is 0.319 e. The molecule has 0 spiro atoms. The van der Waals surface area contributed by atoms with Gasteiger partial charge in [0.2, 0.25) is 5.91 Å². The molecule has 116 valence electrons. The highest BCUT2D eigenvalue weighted by Crippen LogP contribution is 2.30. The van der Waals surface area contributed by atoms with Gasteiger partial charge in [0.25, 0.3) is 0 Å². The molecule has 2 atom stereocenters. The van der Waals surface area contributed by atoms with Crippen LogP contribution in [0.2, 0.25) is 0 Å². The van der Waals surface area contributed by atoms with Crippen molar-refractivity contribution in [1.29, 1.82) is 0 Å². The van der Waals surface area contributed by atoms with Gasteiger partial charge in [-0.25, -0.2) is 0 Å². The molecule has 1 aliphatic heterocycles. The van der Waals surface area contributed by atoms with E-state index in [1.165, 1.54) is 0 Å². The Morgan fingerprint density at radius 2 is 1.90 bits per heavy atom. The standard InChI is InChI=1S/C16H29NO3/c1-6-20-15(19)13(16(3,4)5)14(18)17-10-7-8-12(2)9-11-17/h12-13H,6-11H2,1-5H3. The smallest absolute Gasteiger partial charge is 0.319 e. The van der Waals surface area contributed by atoms with Crippen molar-refractivity contribution in [2.24, 2.45) is 17.3 Å². The molecule has 1 rings (SSSR count). The van der Waals surface area contributed by atoms with Crippen molar-refractivity contribution in [3.05, 3.63) is 0 Å². The predicted octanol–water partition coefficient (Wildman–Crippen LogP) is 2.86. The Labute approximate surface area is 122 Å². The minimum atomic E-state index is -0.698. The molecule has 4 nitrogen and oxygen atoms in total. The molecule has 1 fully saturated rings. The Bertz CT molecular complexity index is 346. The Hall–Kier alpha value is -1.06. The Morgan fingerprint density at radius 1 is 1.25 bits per heavy atom. The third-order valence-corrected chi connectivity index (χ3v) is 3.96. The van der Waals surface area contributed by atoms with E-state index in [-0.39, 0.29) is 11.9 Å². The van der Waals surface area contributed by atoms with Crippen molar-refractivity contribution < 1.29 is 14.3 Å². The van der Waals surface area contributed by atoms with Crippen LogP contribution in [0.3, 0.4) is 0 Å². The molecule has 0 aromatic carbocycles. The van der Waals surface area contributed by atoms with Crippen molar-refractivity contribution in [2.75, 3.05) is 19.7 Å². The van der Waals surface area contributed by atoms with E-state index in [0.717, 1.165) is 32.4 Å². The molecular weight excluding hydrogens is 254 g/mol. The minimum absolute atomic E-state index is 0.0648. The van der Waals surface area contributed by atoms with Gasteiger partial charge in [-0.2, -0.15) is 0 Å². The third-order valence-electron chi connectivity index (χ3n) is 3.96. The lowest BCUT2D eigenvalue weighted by Crippen LogP contribution is -2.46. The number of nitrogens with zero attached hydrogens (tertiary/aromatic N) is 1. The molecule has 20 heavy (non-hydrogen) atoms. The number of carbonyl (C=O) groups excluding carboxylic acids is 2. The first-order chi connectivity index (χ1) is 9.27. The highest BCUT2D eigenvalue weighted by Gasteiger charge is 2.41. The summed E-state index contributed by atoms with van der Waals surface area (Å²) in [5.74, 6) is -0.494. The summed E-state index contributed by atoms with van der Waals surface area (Å²) in [5.41, 5.74) is -0.415. The second-order valence-electron chi connectivity index (χ2n) is 6.91. The van der Waals surface area contributed by atoms with E-state index in [1.54, 1.807) is 6.92 Å². The maximum absolute atomic E-state index is 12.7. The van der Waals surface area contributed by atoms with Crippen LogP contribution in [-0.2, 0) is 14.3 Å². The van der Waals surface area contributed by atoms with Crippen LogP contribution in [0.1, 0.15) is 53.9 Å². The molecular formula is C16H29NO3. The largest absolute Gasteiger partial charge is 0.465 e. The lowest BCUT2D eigenvalue weighted by Gasteiger charge is -2.32. The topological polar surface area (TPSA) is 46.6 Å². The highest BCUT2D eigenvalue weighted by atomic mass is 16.5. The van der Waals surface area contributed by atoms with E-state index in [0.29, 0.717) is 12.5 Å². The number of rotatable bonds is 3. The molecule has 1 heterocycles. The molecule has 0 aliphatic carbocycles. The third kappa shape index (κ3) is 4.50. The summed E-state index contributed by atoms with van der Waals surface area (Å²) in [4.78, 5) is 26.8. The summed E-state index contributed by atoms with van der Waals surface area (Å²) in [5, 5.41) is 0. The summed E-state index contributed by atoms with van der Waals surface area (Å²) in [6.07, 6.45) is 3.20. The lowest BCUT2D eigenvalue weighted by atomic mass is 9.79. The SMILES string of the molecule is CCOC(=O)C(C(=O)N1CCCC(C)CC1)C(C)(C)C. The van der Waals surface area contributed by atoms with Gasteiger partial charge in [-0.3, -0.25) is 9.59 Å². The molecule has 0 saturated carbocycles. The lowest BCUT2D eigenvalue weighted by molar-refractivity contribution is -0.160. The first kappa shape index (κ1) is 17.0. The molecule has 0 N–H and O–H groups in total. The van der Waals surface area contributed by atoms with Gasteiger partial charge in [-0.05, 0) is 37.5 Å². The van der Waals surface area contributed by atoms with Crippen LogP contribution in [-0.4, -0.2) is 36.5 Å². The fourth-order valence-corrected chi connectivity index (χ4v) is 2.72. The number of esters is 1. The summed E-state index contributed by atoms with van der Waals surface area (Å²) >= 11 is 0. The number of hydrogen-bond donors (Lipinski definition) is 0. The molecule has 0 bridgehead atoms. The number of likely N-dealkylation sites (tertiary alicyclic amines) is 1. The quantitative estimate of drug-likeness (QED) is 0.591. The maximum atomic E-state index is 12.7. The van der Waals surface area contributed by atoms with E-state index in [1.807, 2.05) is 25.7 Å². The molecule has 0 aromatic rings. The number of ether oxygens (including phenoxy) is 1. The zero-order chi connectivity index (χ0) is 15.3. The van der Waals surface area contributed by atoms with E-state index in [2.05, 4.69) is 6.92 Å². The first-order valence-corrected chi connectivity index (χ1v) is 7.72. The van der Waals surface area contributed by atoms with Crippen LogP contribution >= 0.6 is 0 Å². The van der Waals surface area contributed by atoms with Crippen LogP contribution in [0.4, 0.5) is 0 Å². The average molecular weight is 283 g/mol. The van der Waals surface area contributed by atoms with E-state index in [9.17, 15) is 9.59 Å². The van der Waals surface area contributed by atoms with Gasteiger partial charge in [-0.1, -0.05) is 27.7 Å². The molecule has 0 radical (unpaired) electrons. The van der Waals surface area contributed by atoms with Crippen LogP contribution < -0.4 is 0 Å². The van der Waals surface area contributed by atoms with E-state index in [4.69, 9.17) is 4.74 Å². The average Bonchev–Trinajstić information content (AvgIpc) is 2.52. The number of amides is 1. The van der Waals surface area contributed by atoms with Crippen molar-refractivity contribution >= 4 is 11.9 Å². The second kappa shape index (κ2) is 7.09. The Balaban J connectivity index is 2.84. The van der Waals surface area contributed by atoms with E-state index >= 15 is 0 Å². The van der Waals surface area contributed by atoms with Crippen molar-refractivity contribution in [2.45, 2.75) is 53.9 Å².